The van der Waals surface area contributed by atoms with Crippen LogP contribution in [0.15, 0.2) is 91.0 Å². The smallest absolute Gasteiger partial charge is 0.255 e. The van der Waals surface area contributed by atoms with Crippen LogP contribution < -0.4 is 24.3 Å². The van der Waals surface area contributed by atoms with Gasteiger partial charge in [0.15, 0.2) is 11.4 Å². The van der Waals surface area contributed by atoms with E-state index in [0.717, 1.165) is 45.8 Å². The summed E-state index contributed by atoms with van der Waals surface area (Å²) in [6, 6.07) is 28.9. The van der Waals surface area contributed by atoms with Gasteiger partial charge in [0, 0.05) is 46.8 Å². The van der Waals surface area contributed by atoms with Gasteiger partial charge < -0.3 is 15.4 Å². The van der Waals surface area contributed by atoms with Crippen molar-refractivity contribution in [3.05, 3.63) is 102 Å². The number of nitrogens with one attached hydrogen (secondary N) is 2. The third-order valence-electron chi connectivity index (χ3n) is 8.34. The van der Waals surface area contributed by atoms with Gasteiger partial charge in [0.2, 0.25) is 0 Å². The molecule has 43 heavy (non-hydrogen) atoms. The van der Waals surface area contributed by atoms with Gasteiger partial charge in [-0.05, 0) is 72.9 Å². The van der Waals surface area contributed by atoms with Crippen LogP contribution in [-0.4, -0.2) is 60.2 Å². The van der Waals surface area contributed by atoms with Crippen molar-refractivity contribution in [1.29, 1.82) is 0 Å². The first-order valence-electron chi connectivity index (χ1n) is 14.8. The number of ether oxygens (including phenoxy) is 1. The minimum Gasteiger partial charge on any atom is -0.491 e. The number of carbonyl (C=O) groups is 2. The summed E-state index contributed by atoms with van der Waals surface area (Å²) in [5, 5.41) is 5.98. The molecule has 2 amide bonds. The molecule has 4 aromatic rings. The molecule has 1 fully saturated rings. The van der Waals surface area contributed by atoms with Crippen LogP contribution in [-0.2, 0) is 0 Å². The van der Waals surface area contributed by atoms with Crippen molar-refractivity contribution >= 4 is 34.6 Å². The van der Waals surface area contributed by atoms with E-state index in [1.54, 1.807) is 19.2 Å². The molecule has 4 aromatic carbocycles. The number of quaternary nitrogens is 2. The number of hydrogen-bond acceptors (Lipinski definition) is 3. The Hall–Kier alpha value is -4.46. The summed E-state index contributed by atoms with van der Waals surface area (Å²) in [6.45, 7) is 2.32. The SMILES string of the molecule is COc1cc(NC(=O)c2ccc(-c3ccc(C(=O)Nc4ccc([N+]5(C)CCCCC5)cc4)cc3)cc2)ccc1[N+](C)(C)C. The average molecular weight is 579 g/mol. The number of nitrogens with zero attached hydrogens (tertiary/aromatic N) is 2. The summed E-state index contributed by atoms with van der Waals surface area (Å²) in [4.78, 5) is 25.8. The van der Waals surface area contributed by atoms with Crippen molar-refractivity contribution in [2.45, 2.75) is 19.3 Å². The van der Waals surface area contributed by atoms with E-state index in [1.807, 2.05) is 66.7 Å². The molecule has 7 nitrogen and oxygen atoms in total. The van der Waals surface area contributed by atoms with Crippen molar-refractivity contribution < 1.29 is 14.3 Å². The second-order valence-electron chi connectivity index (χ2n) is 12.4. The van der Waals surface area contributed by atoms with E-state index in [4.69, 9.17) is 4.74 Å². The first-order chi connectivity index (χ1) is 20.6. The van der Waals surface area contributed by atoms with Crippen molar-refractivity contribution in [1.82, 2.24) is 8.97 Å². The summed E-state index contributed by atoms with van der Waals surface area (Å²) in [5.74, 6) is 0.383. The molecule has 0 atom stereocenters. The molecule has 1 saturated heterocycles. The predicted molar refractivity (Wildman–Crippen MR) is 178 cm³/mol. The third-order valence-corrected chi connectivity index (χ3v) is 8.34. The maximum atomic E-state index is 12.9. The van der Waals surface area contributed by atoms with Gasteiger partial charge in [0.25, 0.3) is 11.8 Å². The molecule has 0 bridgehead atoms. The highest BCUT2D eigenvalue weighted by Gasteiger charge is 2.27. The Morgan fingerprint density at radius 3 is 1.65 bits per heavy atom. The van der Waals surface area contributed by atoms with Gasteiger partial charge in [-0.3, -0.25) is 18.6 Å². The molecule has 2 N–H and O–H groups in total. The minimum atomic E-state index is -0.196. The van der Waals surface area contributed by atoms with Gasteiger partial charge >= 0.3 is 0 Å². The Balaban J connectivity index is 1.20. The summed E-state index contributed by atoms with van der Waals surface area (Å²) in [6.07, 6.45) is 3.83. The molecule has 222 valence electrons. The zero-order valence-electron chi connectivity index (χ0n) is 25.8. The maximum absolute atomic E-state index is 12.9. The van der Waals surface area contributed by atoms with Crippen LogP contribution in [0.2, 0.25) is 0 Å². The Morgan fingerprint density at radius 1 is 0.674 bits per heavy atom. The number of carbonyl (C=O) groups excluding carboxylic acids is 2. The van der Waals surface area contributed by atoms with Gasteiger partial charge in [0.1, 0.15) is 5.69 Å². The maximum Gasteiger partial charge on any atom is 0.255 e. The topological polar surface area (TPSA) is 67.4 Å². The van der Waals surface area contributed by atoms with Crippen LogP contribution >= 0.6 is 0 Å². The second-order valence-corrected chi connectivity index (χ2v) is 12.4. The molecule has 0 unspecified atom stereocenters. The minimum absolute atomic E-state index is 0.143. The monoisotopic (exact) mass is 578 g/mol. The van der Waals surface area contributed by atoms with Crippen molar-refractivity contribution in [2.75, 3.05) is 59.0 Å². The Kier molecular flexibility index (Phi) is 8.67. The van der Waals surface area contributed by atoms with Gasteiger partial charge in [0.05, 0.1) is 48.4 Å². The third kappa shape index (κ3) is 6.96. The lowest BCUT2D eigenvalue weighted by Crippen LogP contribution is -2.48. The lowest BCUT2D eigenvalue weighted by molar-refractivity contribution is 0.101. The summed E-state index contributed by atoms with van der Waals surface area (Å²) < 4.78 is 7.12. The van der Waals surface area contributed by atoms with E-state index < -0.39 is 0 Å². The van der Waals surface area contributed by atoms with Crippen LogP contribution in [0.4, 0.5) is 22.7 Å². The standard InChI is InChI=1S/C36H40N4O3/c1-39(2,3)33-22-19-31(25-34(33)43-5)38-36(42)29-15-11-27(12-16-29)26-9-13-28(14-10-26)35(41)37-30-17-20-32(21-18-30)40(4)23-7-6-8-24-40/h9-22,25H,6-8,23-24H2,1-5H3/p+2. The molecule has 7 heteroatoms. The number of amides is 2. The van der Waals surface area contributed by atoms with E-state index in [-0.39, 0.29) is 11.8 Å². The molecule has 1 heterocycles. The second kappa shape index (κ2) is 12.4. The average Bonchev–Trinajstić information content (AvgIpc) is 3.01. The Labute approximate surface area is 254 Å². The highest BCUT2D eigenvalue weighted by Crippen LogP contribution is 2.33. The quantitative estimate of drug-likeness (QED) is 0.218. The van der Waals surface area contributed by atoms with Crippen LogP contribution in [0.3, 0.4) is 0 Å². The van der Waals surface area contributed by atoms with Gasteiger partial charge in [-0.1, -0.05) is 24.3 Å². The summed E-state index contributed by atoms with van der Waals surface area (Å²) in [7, 11) is 10.1. The van der Waals surface area contributed by atoms with Gasteiger partial charge in [-0.25, -0.2) is 0 Å². The summed E-state index contributed by atoms with van der Waals surface area (Å²) >= 11 is 0. The zero-order chi connectivity index (χ0) is 30.6. The highest BCUT2D eigenvalue weighted by atomic mass is 16.5. The van der Waals surface area contributed by atoms with E-state index in [2.05, 4.69) is 51.0 Å². The summed E-state index contributed by atoms with van der Waals surface area (Å²) in [5.41, 5.74) is 6.84. The number of hydrogen-bond donors (Lipinski definition) is 2. The van der Waals surface area contributed by atoms with Crippen LogP contribution in [0.1, 0.15) is 40.0 Å². The molecule has 0 aromatic heterocycles. The van der Waals surface area contributed by atoms with E-state index in [9.17, 15) is 9.59 Å². The number of anilines is 2. The van der Waals surface area contributed by atoms with E-state index >= 15 is 0 Å². The molecule has 0 radical (unpaired) electrons. The molecule has 0 spiro atoms. The predicted octanol–water partition coefficient (Wildman–Crippen LogP) is 7.18. The first-order valence-corrected chi connectivity index (χ1v) is 14.8. The van der Waals surface area contributed by atoms with Crippen molar-refractivity contribution in [3.63, 3.8) is 0 Å². The van der Waals surface area contributed by atoms with Crippen molar-refractivity contribution in [2.24, 2.45) is 0 Å². The lowest BCUT2D eigenvalue weighted by atomic mass is 10.0. The van der Waals surface area contributed by atoms with Crippen LogP contribution in [0.5, 0.6) is 5.75 Å². The molecule has 0 aliphatic carbocycles. The molecule has 1 aliphatic rings. The fourth-order valence-electron chi connectivity index (χ4n) is 5.72. The fraction of sp³-hybridized carbons (Fsp3) is 0.278. The Bertz CT molecular complexity index is 1580. The number of piperidine rings is 1. The number of methoxy groups -OCH3 is 1. The number of benzene rings is 4. The Morgan fingerprint density at radius 2 is 1.16 bits per heavy atom. The molecular formula is C36H42N4O3+2. The van der Waals surface area contributed by atoms with Crippen LogP contribution in [0, 0.1) is 0 Å². The molecule has 0 saturated carbocycles. The van der Waals surface area contributed by atoms with Crippen LogP contribution in [0.25, 0.3) is 11.1 Å². The van der Waals surface area contributed by atoms with Gasteiger partial charge in [-0.2, -0.15) is 0 Å². The zero-order valence-corrected chi connectivity index (χ0v) is 25.8. The lowest BCUT2D eigenvalue weighted by Gasteiger charge is -2.37. The normalized spacial score (nSPS) is 14.5. The molecular weight excluding hydrogens is 536 g/mol. The van der Waals surface area contributed by atoms with E-state index in [1.165, 1.54) is 24.9 Å². The molecule has 5 rings (SSSR count). The first kappa shape index (κ1) is 30.0. The molecule has 1 aliphatic heterocycles. The fourth-order valence-corrected chi connectivity index (χ4v) is 5.72. The largest absolute Gasteiger partial charge is 0.491 e. The number of rotatable bonds is 8. The van der Waals surface area contributed by atoms with E-state index in [0.29, 0.717) is 21.3 Å². The van der Waals surface area contributed by atoms with Crippen molar-refractivity contribution in [3.8, 4) is 16.9 Å². The highest BCUT2D eigenvalue weighted by molar-refractivity contribution is 6.05. The van der Waals surface area contributed by atoms with Gasteiger partial charge in [-0.15, -0.1) is 0 Å². The number of likely N-dealkylation sites (tertiary alicyclic amines) is 1.